The van der Waals surface area contributed by atoms with E-state index < -0.39 is 11.7 Å². The Balaban J connectivity index is 1.56. The Morgan fingerprint density at radius 3 is 2.72 bits per heavy atom. The van der Waals surface area contributed by atoms with Crippen molar-refractivity contribution in [3.8, 4) is 0 Å². The van der Waals surface area contributed by atoms with Gasteiger partial charge in [0.2, 0.25) is 5.91 Å². The van der Waals surface area contributed by atoms with Crippen LogP contribution in [0.5, 0.6) is 0 Å². The van der Waals surface area contributed by atoms with Crippen LogP contribution in [0, 0.1) is 17.8 Å². The van der Waals surface area contributed by atoms with E-state index in [0.717, 1.165) is 30.2 Å². The number of fused-ring (bicyclic) bond motifs is 3. The Hall–Kier alpha value is -1.41. The molecule has 2 aliphatic carbocycles. The molecule has 8 heteroatoms. The van der Waals surface area contributed by atoms with Crippen LogP contribution in [0.4, 0.5) is 18.9 Å². The summed E-state index contributed by atoms with van der Waals surface area (Å²) in [5.41, 5.74) is 0.145. The number of pyridine rings is 1. The molecule has 0 saturated heterocycles. The fraction of sp³-hybridized carbons (Fsp3) is 0.524. The second-order valence-electron chi connectivity index (χ2n) is 7.92. The number of nitrogens with one attached hydrogen (secondary N) is 1. The summed E-state index contributed by atoms with van der Waals surface area (Å²) < 4.78 is 39.1. The van der Waals surface area contributed by atoms with Gasteiger partial charge in [-0.05, 0) is 66.0 Å². The first-order valence-corrected chi connectivity index (χ1v) is 12.3. The lowest BCUT2D eigenvalue weighted by atomic mass is 9.86. The number of amides is 1. The molecule has 2 aliphatic rings. The van der Waals surface area contributed by atoms with E-state index in [0.29, 0.717) is 34.4 Å². The Kier molecular flexibility index (Phi) is 6.02. The number of benzene rings is 1. The molecule has 1 amide bonds. The van der Waals surface area contributed by atoms with Gasteiger partial charge in [-0.15, -0.1) is 0 Å². The first kappa shape index (κ1) is 20.8. The molecule has 1 N–H and O–H groups in total. The van der Waals surface area contributed by atoms with Crippen molar-refractivity contribution >= 4 is 44.1 Å². The van der Waals surface area contributed by atoms with Crippen LogP contribution in [0.3, 0.4) is 0 Å². The lowest BCUT2D eigenvalue weighted by molar-refractivity contribution is -0.137. The van der Waals surface area contributed by atoms with Crippen LogP contribution in [0.1, 0.15) is 44.6 Å². The monoisotopic (exact) mass is 440 g/mol. The summed E-state index contributed by atoms with van der Waals surface area (Å²) in [6.45, 7) is 1.99. The number of anilines is 1. The molecule has 1 heterocycles. The molecule has 0 spiro atoms. The Labute approximate surface area is 176 Å². The number of rotatable bonds is 6. The first-order valence-electron chi connectivity index (χ1n) is 9.94. The van der Waals surface area contributed by atoms with Crippen molar-refractivity contribution in [3.63, 3.8) is 0 Å². The molecule has 156 valence electrons. The zero-order valence-corrected chi connectivity index (χ0v) is 17.7. The van der Waals surface area contributed by atoms with Gasteiger partial charge in [-0.25, -0.2) is 4.98 Å². The van der Waals surface area contributed by atoms with Gasteiger partial charge < -0.3 is 5.32 Å². The molecule has 2 fully saturated rings. The highest BCUT2D eigenvalue weighted by molar-refractivity contribution is 8.76. The summed E-state index contributed by atoms with van der Waals surface area (Å²) in [4.78, 5) is 17.1. The van der Waals surface area contributed by atoms with Crippen LogP contribution >= 0.6 is 21.6 Å². The number of hydrogen-bond donors (Lipinski definition) is 1. The minimum absolute atomic E-state index is 0.0287. The van der Waals surface area contributed by atoms with E-state index in [2.05, 4.69) is 10.3 Å². The molecule has 4 rings (SSSR count). The largest absolute Gasteiger partial charge is 0.416 e. The molecule has 1 aromatic heterocycles. The molecule has 2 aromatic rings. The molecule has 3 unspecified atom stereocenters. The predicted molar refractivity (Wildman–Crippen MR) is 113 cm³/mol. The van der Waals surface area contributed by atoms with Crippen molar-refractivity contribution in [2.45, 2.75) is 50.2 Å². The number of aromatic nitrogens is 1. The third kappa shape index (κ3) is 4.68. The van der Waals surface area contributed by atoms with E-state index in [1.165, 1.54) is 36.1 Å². The van der Waals surface area contributed by atoms with E-state index in [1.807, 2.05) is 6.92 Å². The van der Waals surface area contributed by atoms with Gasteiger partial charge in [-0.1, -0.05) is 30.2 Å². The van der Waals surface area contributed by atoms with Gasteiger partial charge in [0.1, 0.15) is 5.03 Å². The van der Waals surface area contributed by atoms with Crippen LogP contribution in [0.25, 0.3) is 10.9 Å². The predicted octanol–water partition coefficient (Wildman–Crippen LogP) is 6.78. The van der Waals surface area contributed by atoms with Gasteiger partial charge >= 0.3 is 6.18 Å². The Morgan fingerprint density at radius 1 is 1.24 bits per heavy atom. The van der Waals surface area contributed by atoms with Crippen LogP contribution in [-0.4, -0.2) is 16.6 Å². The quantitative estimate of drug-likeness (QED) is 0.503. The molecule has 1 aromatic carbocycles. The maximum atomic E-state index is 13.0. The molecule has 2 bridgehead atoms. The van der Waals surface area contributed by atoms with Crippen molar-refractivity contribution in [1.29, 1.82) is 0 Å². The van der Waals surface area contributed by atoms with Crippen molar-refractivity contribution in [2.24, 2.45) is 17.8 Å². The number of carbonyl (C=O) groups is 1. The summed E-state index contributed by atoms with van der Waals surface area (Å²) in [6.07, 6.45) is 1.03. The molecule has 0 aliphatic heterocycles. The smallest absolute Gasteiger partial charge is 0.324 e. The van der Waals surface area contributed by atoms with E-state index in [9.17, 15) is 18.0 Å². The van der Waals surface area contributed by atoms with Gasteiger partial charge in [0.25, 0.3) is 0 Å². The van der Waals surface area contributed by atoms with Crippen LogP contribution in [0.15, 0.2) is 29.3 Å². The summed E-state index contributed by atoms with van der Waals surface area (Å²) in [6, 6.07) is 5.27. The zero-order chi connectivity index (χ0) is 20.6. The lowest BCUT2D eigenvalue weighted by Gasteiger charge is -2.21. The molecular weight excluding hydrogens is 417 g/mol. The van der Waals surface area contributed by atoms with Gasteiger partial charge in [0.15, 0.2) is 0 Å². The number of halogens is 3. The average molecular weight is 441 g/mol. The Morgan fingerprint density at radius 2 is 2.07 bits per heavy atom. The van der Waals surface area contributed by atoms with E-state index in [-0.39, 0.29) is 11.4 Å². The van der Waals surface area contributed by atoms with Gasteiger partial charge in [0, 0.05) is 17.6 Å². The van der Waals surface area contributed by atoms with Crippen molar-refractivity contribution < 1.29 is 18.0 Å². The molecule has 0 radical (unpaired) electrons. The zero-order valence-electron chi connectivity index (χ0n) is 16.1. The highest BCUT2D eigenvalue weighted by Gasteiger charge is 2.40. The molecule has 3 atom stereocenters. The normalized spacial score (nSPS) is 23.7. The highest BCUT2D eigenvalue weighted by Crippen LogP contribution is 2.49. The van der Waals surface area contributed by atoms with Gasteiger partial charge in [0.05, 0.1) is 16.8 Å². The van der Waals surface area contributed by atoms with Crippen molar-refractivity contribution in [3.05, 3.63) is 29.8 Å². The van der Waals surface area contributed by atoms with Crippen LogP contribution in [-0.2, 0) is 11.0 Å². The molecule has 3 nitrogen and oxygen atoms in total. The topological polar surface area (TPSA) is 42.0 Å². The first-order chi connectivity index (χ1) is 13.8. The number of hydrogen-bond acceptors (Lipinski definition) is 4. The van der Waals surface area contributed by atoms with Gasteiger partial charge in [-0.3, -0.25) is 4.79 Å². The van der Waals surface area contributed by atoms with Crippen molar-refractivity contribution in [1.82, 2.24) is 4.98 Å². The third-order valence-corrected chi connectivity index (χ3v) is 8.33. The molecule has 2 saturated carbocycles. The second kappa shape index (κ2) is 8.38. The molecule has 29 heavy (non-hydrogen) atoms. The highest BCUT2D eigenvalue weighted by atomic mass is 33.1. The minimum atomic E-state index is -4.41. The van der Waals surface area contributed by atoms with Gasteiger partial charge in [-0.2, -0.15) is 13.2 Å². The second-order valence-corrected chi connectivity index (χ2v) is 10.5. The number of carbonyl (C=O) groups excluding carboxylic acids is 1. The molecular formula is C21H23F3N2OS2. The number of nitrogens with zero attached hydrogens (tertiary/aromatic N) is 1. The third-order valence-electron chi connectivity index (χ3n) is 5.97. The van der Waals surface area contributed by atoms with E-state index in [1.54, 1.807) is 16.9 Å². The van der Waals surface area contributed by atoms with E-state index >= 15 is 0 Å². The summed E-state index contributed by atoms with van der Waals surface area (Å²) in [5, 5.41) is 4.11. The fourth-order valence-electron chi connectivity index (χ4n) is 4.66. The van der Waals surface area contributed by atoms with Crippen molar-refractivity contribution in [2.75, 3.05) is 11.1 Å². The maximum Gasteiger partial charge on any atom is 0.416 e. The van der Waals surface area contributed by atoms with Crippen LogP contribution in [0.2, 0.25) is 0 Å². The summed E-state index contributed by atoms with van der Waals surface area (Å²) in [5.74, 6) is 2.71. The SMILES string of the molecule is CCSSc1nc2cc(C(F)(F)F)ccc2cc1NC(=O)CC1CC2CCC1C2. The van der Waals surface area contributed by atoms with Crippen LogP contribution < -0.4 is 5.32 Å². The van der Waals surface area contributed by atoms with E-state index in [4.69, 9.17) is 0 Å². The lowest BCUT2D eigenvalue weighted by Crippen LogP contribution is -2.20. The fourth-order valence-corrected chi connectivity index (χ4v) is 6.29. The number of alkyl halides is 3. The summed E-state index contributed by atoms with van der Waals surface area (Å²) >= 11 is 0. The standard InChI is InChI=1S/C21H23F3N2OS2/c1-2-28-29-20-18(25-19(27)10-15-8-12-3-4-13(15)7-12)9-14-5-6-16(21(22,23)24)11-17(14)26-20/h5-6,9,11-13,15H,2-4,7-8,10H2,1H3,(H,25,27). The average Bonchev–Trinajstić information content (AvgIpc) is 3.28. The summed E-state index contributed by atoms with van der Waals surface area (Å²) in [7, 11) is 2.93. The Bertz CT molecular complexity index is 919. The minimum Gasteiger partial charge on any atom is -0.324 e. The maximum absolute atomic E-state index is 13.0.